The molecule has 6 heteroatoms. The number of nitro groups is 1. The highest BCUT2D eigenvalue weighted by Gasteiger charge is 2.21. The molecular formula is C20H13N3O3. The Hall–Kier alpha value is -3.80. The zero-order chi connectivity index (χ0) is 18.1. The van der Waals surface area contributed by atoms with E-state index in [1.165, 1.54) is 12.1 Å². The lowest BCUT2D eigenvalue weighted by Gasteiger charge is -2.18. The number of amides is 1. The molecule has 26 heavy (non-hydrogen) atoms. The van der Waals surface area contributed by atoms with Crippen LogP contribution in [-0.4, -0.2) is 16.5 Å². The first-order valence-electron chi connectivity index (χ1n) is 7.97. The van der Waals surface area contributed by atoms with Crippen LogP contribution in [0.3, 0.4) is 0 Å². The van der Waals surface area contributed by atoms with Gasteiger partial charge in [-0.25, -0.2) is 4.99 Å². The summed E-state index contributed by atoms with van der Waals surface area (Å²) >= 11 is 0. The van der Waals surface area contributed by atoms with E-state index in [4.69, 9.17) is 0 Å². The fourth-order valence-electron chi connectivity index (χ4n) is 2.93. The molecule has 126 valence electrons. The molecule has 3 aromatic rings. The van der Waals surface area contributed by atoms with Crippen molar-refractivity contribution in [2.75, 3.05) is 5.32 Å². The number of nitrogens with zero attached hydrogens (tertiary/aromatic N) is 2. The summed E-state index contributed by atoms with van der Waals surface area (Å²) in [6, 6.07) is 20.7. The molecule has 1 N–H and O–H groups in total. The van der Waals surface area contributed by atoms with Gasteiger partial charge in [0.05, 0.1) is 21.9 Å². The lowest BCUT2D eigenvalue weighted by atomic mass is 9.98. The van der Waals surface area contributed by atoms with Crippen molar-refractivity contribution in [3.05, 3.63) is 99.6 Å². The molecule has 0 spiro atoms. The van der Waals surface area contributed by atoms with Crippen LogP contribution < -0.4 is 5.32 Å². The smallest absolute Gasteiger partial charge is 0.279 e. The van der Waals surface area contributed by atoms with Crippen LogP contribution in [0.5, 0.6) is 0 Å². The highest BCUT2D eigenvalue weighted by Crippen LogP contribution is 2.30. The number of carbonyl (C=O) groups is 1. The summed E-state index contributed by atoms with van der Waals surface area (Å²) < 4.78 is 0. The molecule has 4 rings (SSSR count). The lowest BCUT2D eigenvalue weighted by Crippen LogP contribution is -2.14. The first-order valence-corrected chi connectivity index (χ1v) is 7.97. The standard InChI is InChI=1S/C20H13N3O3/c24-20-16-9-2-4-11-18(16)21-17-10-3-1-8-15(17)19(22-20)13-6-5-7-14(12-13)23(25)26/h1-12,21H. The normalized spacial score (nSPS) is 12.8. The van der Waals surface area contributed by atoms with Crippen LogP contribution in [0.2, 0.25) is 0 Å². The molecule has 0 atom stereocenters. The number of fused-ring (bicyclic) bond motifs is 2. The van der Waals surface area contributed by atoms with E-state index in [0.29, 0.717) is 28.1 Å². The first-order chi connectivity index (χ1) is 12.6. The number of non-ortho nitro benzene ring substituents is 1. The van der Waals surface area contributed by atoms with Gasteiger partial charge in [-0.2, -0.15) is 0 Å². The fourth-order valence-corrected chi connectivity index (χ4v) is 2.93. The van der Waals surface area contributed by atoms with Gasteiger partial charge in [0.25, 0.3) is 11.6 Å². The predicted molar refractivity (Wildman–Crippen MR) is 99.2 cm³/mol. The van der Waals surface area contributed by atoms with Gasteiger partial charge in [-0.3, -0.25) is 14.9 Å². The summed E-state index contributed by atoms with van der Waals surface area (Å²) in [6.45, 7) is 0. The van der Waals surface area contributed by atoms with Crippen molar-refractivity contribution in [1.29, 1.82) is 0 Å². The molecule has 1 heterocycles. The van der Waals surface area contributed by atoms with Crippen LogP contribution in [0.15, 0.2) is 77.8 Å². The van der Waals surface area contributed by atoms with Gasteiger partial charge in [0.15, 0.2) is 0 Å². The second-order valence-electron chi connectivity index (χ2n) is 5.79. The van der Waals surface area contributed by atoms with Crippen LogP contribution in [0.25, 0.3) is 0 Å². The van der Waals surface area contributed by atoms with E-state index >= 15 is 0 Å². The second kappa shape index (κ2) is 6.25. The van der Waals surface area contributed by atoms with Crippen LogP contribution in [0.4, 0.5) is 17.1 Å². The van der Waals surface area contributed by atoms with Gasteiger partial charge in [-0.15, -0.1) is 0 Å². The van der Waals surface area contributed by atoms with E-state index in [-0.39, 0.29) is 5.69 Å². The Kier molecular flexibility index (Phi) is 3.78. The van der Waals surface area contributed by atoms with Crippen LogP contribution >= 0.6 is 0 Å². The third-order valence-electron chi connectivity index (χ3n) is 4.15. The van der Waals surface area contributed by atoms with Crippen LogP contribution in [0, 0.1) is 10.1 Å². The van der Waals surface area contributed by atoms with Crippen molar-refractivity contribution < 1.29 is 9.72 Å². The Labute approximate surface area is 149 Å². The number of rotatable bonds is 2. The van der Waals surface area contributed by atoms with E-state index in [9.17, 15) is 14.9 Å². The Morgan fingerprint density at radius 3 is 2.23 bits per heavy atom. The Morgan fingerprint density at radius 2 is 1.50 bits per heavy atom. The Bertz CT molecular complexity index is 1070. The summed E-state index contributed by atoms with van der Waals surface area (Å²) in [4.78, 5) is 27.7. The molecule has 1 aliphatic heterocycles. The molecule has 0 bridgehead atoms. The van der Waals surface area contributed by atoms with Crippen LogP contribution in [-0.2, 0) is 0 Å². The Balaban J connectivity index is 1.96. The molecule has 0 aliphatic carbocycles. The highest BCUT2D eigenvalue weighted by molar-refractivity contribution is 6.23. The minimum absolute atomic E-state index is 0.0504. The van der Waals surface area contributed by atoms with E-state index in [1.807, 2.05) is 36.4 Å². The van der Waals surface area contributed by atoms with Crippen molar-refractivity contribution in [3.63, 3.8) is 0 Å². The number of benzene rings is 3. The molecular weight excluding hydrogens is 330 g/mol. The van der Waals surface area contributed by atoms with Gasteiger partial charge in [0.1, 0.15) is 0 Å². The summed E-state index contributed by atoms with van der Waals surface area (Å²) in [5.41, 5.74) is 3.47. The van der Waals surface area contributed by atoms with E-state index < -0.39 is 10.8 Å². The lowest BCUT2D eigenvalue weighted by molar-refractivity contribution is -0.384. The quantitative estimate of drug-likeness (QED) is 0.554. The summed E-state index contributed by atoms with van der Waals surface area (Å²) in [5, 5.41) is 14.4. The zero-order valence-electron chi connectivity index (χ0n) is 13.5. The molecule has 3 aromatic carbocycles. The number of carbonyl (C=O) groups excluding carboxylic acids is 1. The largest absolute Gasteiger partial charge is 0.354 e. The molecule has 0 radical (unpaired) electrons. The van der Waals surface area contributed by atoms with E-state index in [2.05, 4.69) is 10.3 Å². The molecule has 1 aliphatic rings. The first kappa shape index (κ1) is 15.7. The highest BCUT2D eigenvalue weighted by atomic mass is 16.6. The third-order valence-corrected chi connectivity index (χ3v) is 4.15. The number of anilines is 2. The summed E-state index contributed by atoms with van der Waals surface area (Å²) in [6.07, 6.45) is 0. The van der Waals surface area contributed by atoms with E-state index in [1.54, 1.807) is 24.3 Å². The number of hydrogen-bond acceptors (Lipinski definition) is 4. The maximum absolute atomic E-state index is 12.7. The summed E-state index contributed by atoms with van der Waals surface area (Å²) in [5.74, 6) is -0.399. The third kappa shape index (κ3) is 2.73. The topological polar surface area (TPSA) is 84.6 Å². The summed E-state index contributed by atoms with van der Waals surface area (Å²) in [7, 11) is 0. The molecule has 0 aromatic heterocycles. The van der Waals surface area contributed by atoms with Crippen molar-refractivity contribution >= 4 is 28.7 Å². The van der Waals surface area contributed by atoms with Gasteiger partial charge in [0.2, 0.25) is 0 Å². The van der Waals surface area contributed by atoms with E-state index in [0.717, 1.165) is 5.69 Å². The average molecular weight is 343 g/mol. The van der Waals surface area contributed by atoms with Crippen molar-refractivity contribution in [3.8, 4) is 0 Å². The number of aliphatic imine (C=N–C) groups is 1. The fraction of sp³-hybridized carbons (Fsp3) is 0. The minimum Gasteiger partial charge on any atom is -0.354 e. The maximum Gasteiger partial charge on any atom is 0.279 e. The maximum atomic E-state index is 12.7. The molecule has 0 fully saturated rings. The number of para-hydroxylation sites is 2. The van der Waals surface area contributed by atoms with Crippen LogP contribution in [0.1, 0.15) is 21.5 Å². The van der Waals surface area contributed by atoms with Crippen molar-refractivity contribution in [2.24, 2.45) is 4.99 Å². The molecule has 1 amide bonds. The minimum atomic E-state index is -0.464. The number of nitrogens with one attached hydrogen (secondary N) is 1. The monoisotopic (exact) mass is 343 g/mol. The zero-order valence-corrected chi connectivity index (χ0v) is 13.5. The van der Waals surface area contributed by atoms with Gasteiger partial charge in [-0.1, -0.05) is 42.5 Å². The molecule has 6 nitrogen and oxygen atoms in total. The molecule has 0 saturated carbocycles. The second-order valence-corrected chi connectivity index (χ2v) is 5.79. The Morgan fingerprint density at radius 1 is 0.846 bits per heavy atom. The van der Waals surface area contributed by atoms with Gasteiger partial charge < -0.3 is 5.32 Å². The number of hydrogen-bond donors (Lipinski definition) is 1. The number of nitro benzene ring substituents is 1. The molecule has 0 saturated heterocycles. The predicted octanol–water partition coefficient (Wildman–Crippen LogP) is 4.33. The van der Waals surface area contributed by atoms with Crippen molar-refractivity contribution in [2.45, 2.75) is 0 Å². The SMILES string of the molecule is O=C1N=C(c2cccc([N+](=O)[O-])c2)c2ccccc2Nc2ccccc21. The van der Waals surface area contributed by atoms with Gasteiger partial charge >= 0.3 is 0 Å². The molecule has 0 unspecified atom stereocenters. The average Bonchev–Trinajstić information content (AvgIpc) is 2.66. The van der Waals surface area contributed by atoms with Gasteiger partial charge in [-0.05, 0) is 18.2 Å². The van der Waals surface area contributed by atoms with Gasteiger partial charge in [0, 0.05) is 28.9 Å². The van der Waals surface area contributed by atoms with Crippen molar-refractivity contribution in [1.82, 2.24) is 0 Å².